The fourth-order valence-electron chi connectivity index (χ4n) is 4.28. The van der Waals surface area contributed by atoms with Crippen molar-refractivity contribution in [3.8, 4) is 39.9 Å². The number of cyclic esters (lactones) is 1. The van der Waals surface area contributed by atoms with Gasteiger partial charge in [-0.25, -0.2) is 9.59 Å². The second-order valence-corrected chi connectivity index (χ2v) is 8.68. The Balaban J connectivity index is 0.00000304. The van der Waals surface area contributed by atoms with E-state index in [1.807, 2.05) is 26.0 Å². The summed E-state index contributed by atoms with van der Waals surface area (Å²) in [6.45, 7) is 3.82. The standard InChI is InChI=1S/C26H25NO8.ClH/c1-12(2)24(27)26(29)35-17-9-21-20(33-11-34-21)8-16(17)23-15-7-19(31-4)18(30-3)6-13(15)5-14-10-32-25(28)22(14)23;/h5-9,12,24H,10-11,27H2,1-4H3;1H/t24-;/m0./s1. The Labute approximate surface area is 213 Å². The molecule has 0 aliphatic carbocycles. The summed E-state index contributed by atoms with van der Waals surface area (Å²) < 4.78 is 33.3. The first-order valence-corrected chi connectivity index (χ1v) is 11.1. The third-order valence-electron chi connectivity index (χ3n) is 6.23. The lowest BCUT2D eigenvalue weighted by atomic mass is 9.89. The molecule has 0 saturated carbocycles. The van der Waals surface area contributed by atoms with Crippen LogP contribution in [0.2, 0.25) is 0 Å². The molecule has 0 radical (unpaired) electrons. The number of benzene rings is 3. The van der Waals surface area contributed by atoms with E-state index in [1.54, 1.807) is 25.3 Å². The van der Waals surface area contributed by atoms with Crippen molar-refractivity contribution in [2.45, 2.75) is 26.5 Å². The molecule has 2 heterocycles. The molecule has 190 valence electrons. The molecular formula is C26H26ClNO8. The lowest BCUT2D eigenvalue weighted by Crippen LogP contribution is -2.38. The Morgan fingerprint density at radius 3 is 2.25 bits per heavy atom. The van der Waals surface area contributed by atoms with Crippen LogP contribution in [0.25, 0.3) is 21.9 Å². The van der Waals surface area contributed by atoms with Gasteiger partial charge in [0, 0.05) is 22.8 Å². The maximum Gasteiger partial charge on any atom is 0.339 e. The number of hydrogen-bond donors (Lipinski definition) is 1. The van der Waals surface area contributed by atoms with Crippen LogP contribution < -0.4 is 29.4 Å². The van der Waals surface area contributed by atoms with Crippen molar-refractivity contribution in [2.75, 3.05) is 21.0 Å². The lowest BCUT2D eigenvalue weighted by molar-refractivity contribution is -0.136. The van der Waals surface area contributed by atoms with Gasteiger partial charge in [0.2, 0.25) is 6.79 Å². The summed E-state index contributed by atoms with van der Waals surface area (Å²) in [5.74, 6) is 0.899. The number of methoxy groups -OCH3 is 2. The van der Waals surface area contributed by atoms with Gasteiger partial charge < -0.3 is 34.2 Å². The zero-order valence-corrected chi connectivity index (χ0v) is 21.0. The van der Waals surface area contributed by atoms with Gasteiger partial charge in [0.1, 0.15) is 18.4 Å². The molecule has 0 aromatic heterocycles. The molecule has 0 bridgehead atoms. The lowest BCUT2D eigenvalue weighted by Gasteiger charge is -2.19. The van der Waals surface area contributed by atoms with Crippen LogP contribution in [0.4, 0.5) is 0 Å². The largest absolute Gasteiger partial charge is 0.493 e. The summed E-state index contributed by atoms with van der Waals surface area (Å²) in [6, 6.07) is 7.94. The van der Waals surface area contributed by atoms with Crippen LogP contribution in [-0.2, 0) is 16.1 Å². The monoisotopic (exact) mass is 515 g/mol. The maximum atomic E-state index is 12.9. The molecule has 5 rings (SSSR count). The average Bonchev–Trinajstić information content (AvgIpc) is 3.46. The van der Waals surface area contributed by atoms with Crippen LogP contribution in [0.1, 0.15) is 29.8 Å². The molecule has 36 heavy (non-hydrogen) atoms. The number of nitrogens with two attached hydrogens (primary N) is 1. The van der Waals surface area contributed by atoms with Gasteiger partial charge in [-0.1, -0.05) is 13.8 Å². The van der Waals surface area contributed by atoms with Crippen molar-refractivity contribution in [1.29, 1.82) is 0 Å². The highest BCUT2D eigenvalue weighted by molar-refractivity contribution is 6.12. The fourth-order valence-corrected chi connectivity index (χ4v) is 4.28. The number of halogens is 1. The summed E-state index contributed by atoms with van der Waals surface area (Å²) in [4.78, 5) is 25.7. The predicted molar refractivity (Wildman–Crippen MR) is 133 cm³/mol. The molecule has 2 aliphatic heterocycles. The van der Waals surface area contributed by atoms with Crippen LogP contribution in [-0.4, -0.2) is 39.0 Å². The minimum atomic E-state index is -0.833. The molecule has 1 atom stereocenters. The van der Waals surface area contributed by atoms with Gasteiger partial charge in [-0.3, -0.25) is 0 Å². The topological polar surface area (TPSA) is 116 Å². The highest BCUT2D eigenvalue weighted by Crippen LogP contribution is 2.48. The highest BCUT2D eigenvalue weighted by atomic mass is 35.5. The summed E-state index contributed by atoms with van der Waals surface area (Å²) in [5.41, 5.74) is 8.13. The van der Waals surface area contributed by atoms with Gasteiger partial charge in [-0.05, 0) is 41.0 Å². The van der Waals surface area contributed by atoms with E-state index in [0.717, 1.165) is 5.39 Å². The van der Waals surface area contributed by atoms with Gasteiger partial charge in [0.15, 0.2) is 23.0 Å². The number of carbonyl (C=O) groups is 2. The minimum Gasteiger partial charge on any atom is -0.493 e. The summed E-state index contributed by atoms with van der Waals surface area (Å²) >= 11 is 0. The molecule has 2 aliphatic rings. The van der Waals surface area contributed by atoms with Crippen molar-refractivity contribution in [3.63, 3.8) is 0 Å². The van der Waals surface area contributed by atoms with Gasteiger partial charge in [0.05, 0.1) is 19.8 Å². The van der Waals surface area contributed by atoms with E-state index >= 15 is 0 Å². The Bertz CT molecular complexity index is 1370. The highest BCUT2D eigenvalue weighted by Gasteiger charge is 2.32. The van der Waals surface area contributed by atoms with E-state index in [9.17, 15) is 9.59 Å². The molecule has 10 heteroatoms. The summed E-state index contributed by atoms with van der Waals surface area (Å²) in [5, 5.41) is 1.48. The molecule has 0 saturated heterocycles. The molecule has 0 unspecified atom stereocenters. The van der Waals surface area contributed by atoms with Gasteiger partial charge in [-0.15, -0.1) is 12.4 Å². The maximum absolute atomic E-state index is 12.9. The number of rotatable bonds is 6. The second kappa shape index (κ2) is 9.75. The molecule has 0 spiro atoms. The molecule has 3 aromatic rings. The summed E-state index contributed by atoms with van der Waals surface area (Å²) in [7, 11) is 3.09. The fraction of sp³-hybridized carbons (Fsp3) is 0.308. The van der Waals surface area contributed by atoms with E-state index < -0.39 is 18.0 Å². The zero-order chi connectivity index (χ0) is 24.9. The van der Waals surface area contributed by atoms with Crippen molar-refractivity contribution in [1.82, 2.24) is 0 Å². The van der Waals surface area contributed by atoms with E-state index in [4.69, 9.17) is 34.2 Å². The number of fused-ring (bicyclic) bond motifs is 3. The van der Waals surface area contributed by atoms with Crippen LogP contribution in [0.15, 0.2) is 30.3 Å². The third kappa shape index (κ3) is 4.14. The molecular weight excluding hydrogens is 490 g/mol. The van der Waals surface area contributed by atoms with Crippen molar-refractivity contribution in [3.05, 3.63) is 41.5 Å². The SMILES string of the molecule is COc1cc2cc3c(c(-c4cc5c(cc4OC(=O)[C@@H](N)C(C)C)OCO5)c2cc1OC)C(=O)OC3.Cl. The smallest absolute Gasteiger partial charge is 0.339 e. The average molecular weight is 516 g/mol. The number of hydrogen-bond acceptors (Lipinski definition) is 9. The molecule has 3 aromatic carbocycles. The number of carbonyl (C=O) groups excluding carboxylic acids is 2. The van der Waals surface area contributed by atoms with Crippen molar-refractivity contribution < 1.29 is 38.0 Å². The van der Waals surface area contributed by atoms with E-state index in [0.29, 0.717) is 50.6 Å². The Morgan fingerprint density at radius 1 is 0.917 bits per heavy atom. The Morgan fingerprint density at radius 2 is 1.58 bits per heavy atom. The van der Waals surface area contributed by atoms with Crippen LogP contribution in [0, 0.1) is 5.92 Å². The molecule has 0 amide bonds. The Hall–Kier alpha value is -3.69. The van der Waals surface area contributed by atoms with Crippen LogP contribution in [0.5, 0.6) is 28.7 Å². The van der Waals surface area contributed by atoms with E-state index in [2.05, 4.69) is 0 Å². The van der Waals surface area contributed by atoms with Crippen molar-refractivity contribution in [2.24, 2.45) is 11.7 Å². The van der Waals surface area contributed by atoms with E-state index in [1.165, 1.54) is 7.11 Å². The van der Waals surface area contributed by atoms with Gasteiger partial charge in [-0.2, -0.15) is 0 Å². The normalized spacial score (nSPS) is 14.2. The van der Waals surface area contributed by atoms with Gasteiger partial charge >= 0.3 is 11.9 Å². The quantitative estimate of drug-likeness (QED) is 0.380. The van der Waals surface area contributed by atoms with E-state index in [-0.39, 0.29) is 37.5 Å². The summed E-state index contributed by atoms with van der Waals surface area (Å²) in [6.07, 6.45) is 0. The molecule has 2 N–H and O–H groups in total. The second-order valence-electron chi connectivity index (χ2n) is 8.68. The van der Waals surface area contributed by atoms with Crippen LogP contribution >= 0.6 is 12.4 Å². The zero-order valence-electron chi connectivity index (χ0n) is 20.2. The minimum absolute atomic E-state index is 0. The number of ether oxygens (including phenoxy) is 6. The molecule has 0 fully saturated rings. The Kier molecular flexibility index (Phi) is 6.88. The first-order chi connectivity index (χ1) is 16.8. The number of esters is 2. The first-order valence-electron chi connectivity index (χ1n) is 11.1. The predicted octanol–water partition coefficient (Wildman–Crippen LogP) is 4.23. The first kappa shape index (κ1) is 25.4. The molecule has 9 nitrogen and oxygen atoms in total. The van der Waals surface area contributed by atoms with Gasteiger partial charge in [0.25, 0.3) is 0 Å². The van der Waals surface area contributed by atoms with Crippen molar-refractivity contribution >= 4 is 35.1 Å². The third-order valence-corrected chi connectivity index (χ3v) is 6.23. The van der Waals surface area contributed by atoms with Crippen LogP contribution in [0.3, 0.4) is 0 Å².